The highest BCUT2D eigenvalue weighted by Crippen LogP contribution is 2.29. The summed E-state index contributed by atoms with van der Waals surface area (Å²) < 4.78 is 24.6. The first-order chi connectivity index (χ1) is 10.6. The minimum absolute atomic E-state index is 0.00504. The molecule has 0 aliphatic heterocycles. The first-order valence-corrected chi connectivity index (χ1v) is 8.37. The van der Waals surface area contributed by atoms with E-state index in [9.17, 15) is 8.60 Å². The molecule has 0 N–H and O–H groups in total. The molecule has 0 aliphatic rings. The average Bonchev–Trinajstić information content (AvgIpc) is 2.53. The SMILES string of the molecule is CS(=O)c1ccc([C@H](CCN=[N+]=[N-])c2ccc(F)cc2)cc1. The van der Waals surface area contributed by atoms with E-state index in [4.69, 9.17) is 5.53 Å². The molecule has 0 aromatic heterocycles. The molecule has 0 amide bonds. The second kappa shape index (κ2) is 7.73. The first-order valence-electron chi connectivity index (χ1n) is 6.81. The van der Waals surface area contributed by atoms with E-state index >= 15 is 0 Å². The van der Waals surface area contributed by atoms with Gasteiger partial charge in [0.15, 0.2) is 0 Å². The van der Waals surface area contributed by atoms with E-state index in [1.54, 1.807) is 18.4 Å². The Hall–Kier alpha value is -2.17. The van der Waals surface area contributed by atoms with Crippen molar-refractivity contribution in [2.45, 2.75) is 17.2 Å². The van der Waals surface area contributed by atoms with Gasteiger partial charge in [0.05, 0.1) is 0 Å². The molecule has 2 aromatic carbocycles. The minimum Gasteiger partial charge on any atom is -0.255 e. The van der Waals surface area contributed by atoms with Crippen molar-refractivity contribution in [1.29, 1.82) is 0 Å². The monoisotopic (exact) mass is 317 g/mol. The Morgan fingerprint density at radius 1 is 1.14 bits per heavy atom. The molecule has 0 spiro atoms. The molecule has 0 bridgehead atoms. The van der Waals surface area contributed by atoms with E-state index in [0.717, 1.165) is 16.0 Å². The van der Waals surface area contributed by atoms with Crippen LogP contribution in [0.4, 0.5) is 4.39 Å². The maximum Gasteiger partial charge on any atom is 0.123 e. The zero-order chi connectivity index (χ0) is 15.9. The summed E-state index contributed by atoms with van der Waals surface area (Å²) in [7, 11) is -1.02. The predicted molar refractivity (Wildman–Crippen MR) is 85.6 cm³/mol. The standard InChI is InChI=1S/C16H16FN3OS/c1-22(21)15-8-4-13(5-9-15)16(10-11-19-20-18)12-2-6-14(17)7-3-12/h2-9,16H,10-11H2,1H3/t16-,22?/m1/s1. The van der Waals surface area contributed by atoms with Crippen molar-refractivity contribution in [3.8, 4) is 0 Å². The maximum absolute atomic E-state index is 13.1. The molecule has 22 heavy (non-hydrogen) atoms. The zero-order valence-electron chi connectivity index (χ0n) is 12.1. The van der Waals surface area contributed by atoms with Gasteiger partial charge < -0.3 is 0 Å². The van der Waals surface area contributed by atoms with Crippen molar-refractivity contribution in [3.63, 3.8) is 0 Å². The summed E-state index contributed by atoms with van der Waals surface area (Å²) >= 11 is 0. The third-order valence-corrected chi connectivity index (χ3v) is 4.40. The molecular formula is C16H16FN3OS. The van der Waals surface area contributed by atoms with Crippen LogP contribution in [0.2, 0.25) is 0 Å². The number of azide groups is 1. The van der Waals surface area contributed by atoms with Gasteiger partial charge in [0, 0.05) is 39.3 Å². The zero-order valence-corrected chi connectivity index (χ0v) is 13.0. The average molecular weight is 317 g/mol. The summed E-state index contributed by atoms with van der Waals surface area (Å²) in [5.41, 5.74) is 10.4. The van der Waals surface area contributed by atoms with Gasteiger partial charge in [-0.3, -0.25) is 4.21 Å². The molecule has 114 valence electrons. The van der Waals surface area contributed by atoms with Crippen molar-refractivity contribution in [1.82, 2.24) is 0 Å². The molecule has 2 rings (SSSR count). The highest BCUT2D eigenvalue weighted by molar-refractivity contribution is 7.84. The van der Waals surface area contributed by atoms with E-state index < -0.39 is 10.8 Å². The van der Waals surface area contributed by atoms with Crippen molar-refractivity contribution in [2.75, 3.05) is 12.8 Å². The molecule has 2 aromatic rings. The topological polar surface area (TPSA) is 65.8 Å². The third kappa shape index (κ3) is 4.16. The van der Waals surface area contributed by atoms with Gasteiger partial charge in [-0.15, -0.1) is 0 Å². The van der Waals surface area contributed by atoms with Gasteiger partial charge >= 0.3 is 0 Å². The van der Waals surface area contributed by atoms with Crippen LogP contribution >= 0.6 is 0 Å². The van der Waals surface area contributed by atoms with Gasteiger partial charge in [-0.2, -0.15) is 0 Å². The second-order valence-electron chi connectivity index (χ2n) is 4.87. The van der Waals surface area contributed by atoms with Gasteiger partial charge in [-0.25, -0.2) is 4.39 Å². The van der Waals surface area contributed by atoms with Crippen molar-refractivity contribution >= 4 is 10.8 Å². The lowest BCUT2D eigenvalue weighted by atomic mass is 9.88. The first kappa shape index (κ1) is 16.2. The lowest BCUT2D eigenvalue weighted by Gasteiger charge is -2.17. The van der Waals surface area contributed by atoms with Gasteiger partial charge in [-0.1, -0.05) is 29.4 Å². The van der Waals surface area contributed by atoms with Crippen molar-refractivity contribution in [2.24, 2.45) is 5.11 Å². The number of nitrogens with zero attached hydrogens (tertiary/aromatic N) is 3. The molecule has 0 saturated carbocycles. The molecule has 0 aliphatic carbocycles. The molecule has 6 heteroatoms. The Balaban J connectivity index is 2.32. The molecule has 1 unspecified atom stereocenters. The normalized spacial score (nSPS) is 13.2. The van der Waals surface area contributed by atoms with E-state index in [1.165, 1.54) is 12.1 Å². The highest BCUT2D eigenvalue weighted by atomic mass is 32.2. The molecule has 0 heterocycles. The van der Waals surface area contributed by atoms with Gasteiger partial charge in [0.2, 0.25) is 0 Å². The Morgan fingerprint density at radius 3 is 2.18 bits per heavy atom. The third-order valence-electron chi connectivity index (χ3n) is 3.47. The summed E-state index contributed by atoms with van der Waals surface area (Å²) in [6.07, 6.45) is 2.26. The predicted octanol–water partition coefficient (Wildman–Crippen LogP) is 4.40. The van der Waals surface area contributed by atoms with E-state index in [-0.39, 0.29) is 11.7 Å². The van der Waals surface area contributed by atoms with Crippen LogP contribution in [-0.4, -0.2) is 17.0 Å². The molecular weight excluding hydrogens is 301 g/mol. The summed E-state index contributed by atoms with van der Waals surface area (Å²) in [6, 6.07) is 13.8. The van der Waals surface area contributed by atoms with Gasteiger partial charge in [0.25, 0.3) is 0 Å². The van der Waals surface area contributed by atoms with E-state index in [1.807, 2.05) is 24.3 Å². The minimum atomic E-state index is -1.02. The van der Waals surface area contributed by atoms with Crippen molar-refractivity contribution < 1.29 is 8.60 Å². The molecule has 0 radical (unpaired) electrons. The molecule has 2 atom stereocenters. The maximum atomic E-state index is 13.1. The van der Waals surface area contributed by atoms with Crippen molar-refractivity contribution in [3.05, 3.63) is 75.9 Å². The number of hydrogen-bond donors (Lipinski definition) is 0. The Kier molecular flexibility index (Phi) is 5.69. The highest BCUT2D eigenvalue weighted by Gasteiger charge is 2.14. The molecule has 0 fully saturated rings. The van der Waals surface area contributed by atoms with Crippen LogP contribution < -0.4 is 0 Å². The van der Waals surface area contributed by atoms with Gasteiger partial charge in [-0.05, 0) is 47.3 Å². The Labute approximate surface area is 131 Å². The number of rotatable bonds is 6. The van der Waals surface area contributed by atoms with Crippen LogP contribution in [0, 0.1) is 5.82 Å². The lowest BCUT2D eigenvalue weighted by Crippen LogP contribution is -2.03. The van der Waals surface area contributed by atoms with Gasteiger partial charge in [0.1, 0.15) is 5.82 Å². The smallest absolute Gasteiger partial charge is 0.123 e. The summed E-state index contributed by atoms with van der Waals surface area (Å²) in [5.74, 6) is -0.278. The summed E-state index contributed by atoms with van der Waals surface area (Å²) in [6.45, 7) is 0.361. The van der Waals surface area contributed by atoms with Crippen LogP contribution in [0.3, 0.4) is 0 Å². The molecule has 0 saturated heterocycles. The largest absolute Gasteiger partial charge is 0.255 e. The summed E-state index contributed by atoms with van der Waals surface area (Å²) in [4.78, 5) is 3.53. The van der Waals surface area contributed by atoms with Crippen LogP contribution in [0.5, 0.6) is 0 Å². The van der Waals surface area contributed by atoms with Crippen LogP contribution in [0.25, 0.3) is 10.4 Å². The van der Waals surface area contributed by atoms with E-state index in [2.05, 4.69) is 10.0 Å². The lowest BCUT2D eigenvalue weighted by molar-refractivity contribution is 0.625. The van der Waals surface area contributed by atoms with Crippen LogP contribution in [0.1, 0.15) is 23.5 Å². The van der Waals surface area contributed by atoms with Crippen LogP contribution in [-0.2, 0) is 10.8 Å². The van der Waals surface area contributed by atoms with Crippen LogP contribution in [0.15, 0.2) is 58.5 Å². The Bertz CT molecular complexity index is 694. The fourth-order valence-corrected chi connectivity index (χ4v) is 2.86. The second-order valence-corrected chi connectivity index (χ2v) is 6.25. The molecule has 4 nitrogen and oxygen atoms in total. The number of benzene rings is 2. The fraction of sp³-hybridized carbons (Fsp3) is 0.250. The number of hydrogen-bond acceptors (Lipinski definition) is 2. The van der Waals surface area contributed by atoms with E-state index in [0.29, 0.717) is 13.0 Å². The summed E-state index contributed by atoms with van der Waals surface area (Å²) in [5, 5.41) is 3.58. The number of halogens is 1. The quantitative estimate of drug-likeness (QED) is 0.442. The Morgan fingerprint density at radius 2 is 1.68 bits per heavy atom. The fourth-order valence-electron chi connectivity index (χ4n) is 2.34.